The van der Waals surface area contributed by atoms with Gasteiger partial charge in [-0.05, 0) is 48.7 Å². The largest absolute Gasteiger partial charge is 0.484 e. The number of aryl methyl sites for hydroxylation is 2. The molecule has 0 aliphatic rings. The highest BCUT2D eigenvalue weighted by Gasteiger charge is 2.16. The summed E-state index contributed by atoms with van der Waals surface area (Å²) in [5, 5.41) is 0. The number of ether oxygens (including phenoxy) is 2. The predicted octanol–water partition coefficient (Wildman–Crippen LogP) is 4.75. The molecule has 0 saturated heterocycles. The number of fused-ring (bicyclic) bond motifs is 1. The van der Waals surface area contributed by atoms with Crippen molar-refractivity contribution in [3.8, 4) is 11.6 Å². The van der Waals surface area contributed by atoms with Gasteiger partial charge in [0.15, 0.2) is 5.65 Å². The molecule has 8 heteroatoms. The van der Waals surface area contributed by atoms with Crippen molar-refractivity contribution in [1.29, 1.82) is 0 Å². The van der Waals surface area contributed by atoms with Crippen LogP contribution in [0.4, 0.5) is 0 Å². The van der Waals surface area contributed by atoms with Crippen LogP contribution in [0.2, 0.25) is 0 Å². The molecule has 5 aromatic rings. The monoisotopic (exact) mass is 493 g/mol. The van der Waals surface area contributed by atoms with Gasteiger partial charge >= 0.3 is 0 Å². The Morgan fingerprint density at radius 1 is 0.919 bits per heavy atom. The Balaban J connectivity index is 1.46. The molecule has 8 nitrogen and oxygen atoms in total. The first-order valence-electron chi connectivity index (χ1n) is 11.9. The molecule has 0 bridgehead atoms. The number of amides is 1. The highest BCUT2D eigenvalue weighted by Crippen LogP contribution is 2.23. The summed E-state index contributed by atoms with van der Waals surface area (Å²) < 4.78 is 14.0. The van der Waals surface area contributed by atoms with E-state index in [1.54, 1.807) is 6.07 Å². The van der Waals surface area contributed by atoms with Gasteiger partial charge in [0.2, 0.25) is 5.88 Å². The second kappa shape index (κ2) is 10.5. The van der Waals surface area contributed by atoms with Crippen LogP contribution in [0.15, 0.2) is 79.0 Å². The van der Waals surface area contributed by atoms with Crippen molar-refractivity contribution in [3.63, 3.8) is 0 Å². The summed E-state index contributed by atoms with van der Waals surface area (Å²) in [6, 6.07) is 23.3. The lowest BCUT2D eigenvalue weighted by atomic mass is 10.1. The number of nitrogens with zero attached hydrogens (tertiary/aromatic N) is 4. The van der Waals surface area contributed by atoms with E-state index < -0.39 is 5.91 Å². The third kappa shape index (κ3) is 5.59. The molecule has 0 radical (unpaired) electrons. The maximum Gasteiger partial charge on any atom is 0.267 e. The molecule has 0 unspecified atom stereocenters. The summed E-state index contributed by atoms with van der Waals surface area (Å²) in [7, 11) is 0. The average Bonchev–Trinajstić information content (AvgIpc) is 3.25. The van der Waals surface area contributed by atoms with Gasteiger partial charge in [-0.2, -0.15) is 4.98 Å². The van der Waals surface area contributed by atoms with E-state index in [0.29, 0.717) is 36.3 Å². The molecule has 0 aliphatic carbocycles. The van der Waals surface area contributed by atoms with E-state index in [1.807, 2.05) is 42.5 Å². The fourth-order valence-corrected chi connectivity index (χ4v) is 4.02. The lowest BCUT2D eigenvalue weighted by molar-refractivity contribution is 0.0995. The van der Waals surface area contributed by atoms with Crippen molar-refractivity contribution in [2.24, 2.45) is 5.73 Å². The molecule has 5 rings (SSSR count). The normalized spacial score (nSPS) is 11.0. The summed E-state index contributed by atoms with van der Waals surface area (Å²) in [5.41, 5.74) is 11.5. The lowest BCUT2D eigenvalue weighted by Gasteiger charge is -2.13. The van der Waals surface area contributed by atoms with Gasteiger partial charge < -0.3 is 19.8 Å². The van der Waals surface area contributed by atoms with Crippen LogP contribution in [0, 0.1) is 13.8 Å². The number of benzene rings is 2. The first-order chi connectivity index (χ1) is 18.0. The standard InChI is InChI=1S/C29H27N5O3/c1-19-8-9-20(2)22(14-19)16-34-26(18-36-23-10-11-24(28(30)35)31-15-23)32-25-12-13-27(33-29(25)34)37-17-21-6-4-3-5-7-21/h3-15H,16-18H2,1-2H3,(H2,30,35). The van der Waals surface area contributed by atoms with Gasteiger partial charge in [0, 0.05) is 6.07 Å². The topological polar surface area (TPSA) is 105 Å². The second-order valence-corrected chi connectivity index (χ2v) is 8.84. The van der Waals surface area contributed by atoms with Crippen molar-refractivity contribution in [3.05, 3.63) is 113 Å². The highest BCUT2D eigenvalue weighted by molar-refractivity contribution is 5.90. The minimum Gasteiger partial charge on any atom is -0.484 e. The van der Waals surface area contributed by atoms with Gasteiger partial charge in [0.05, 0.1) is 12.7 Å². The minimum absolute atomic E-state index is 0.182. The van der Waals surface area contributed by atoms with Crippen molar-refractivity contribution >= 4 is 17.1 Å². The number of carbonyl (C=O) groups excluding carboxylic acids is 1. The van der Waals surface area contributed by atoms with Gasteiger partial charge in [0.1, 0.15) is 36.0 Å². The molecule has 186 valence electrons. The molecule has 0 fully saturated rings. The van der Waals surface area contributed by atoms with E-state index in [2.05, 4.69) is 41.6 Å². The van der Waals surface area contributed by atoms with Gasteiger partial charge in [-0.1, -0.05) is 54.1 Å². The van der Waals surface area contributed by atoms with Crippen molar-refractivity contribution in [1.82, 2.24) is 19.5 Å². The number of hydrogen-bond acceptors (Lipinski definition) is 6. The summed E-state index contributed by atoms with van der Waals surface area (Å²) >= 11 is 0. The first kappa shape index (κ1) is 24.0. The Kier molecular flexibility index (Phi) is 6.81. The number of pyridine rings is 2. The zero-order valence-electron chi connectivity index (χ0n) is 20.7. The molecule has 2 aromatic carbocycles. The number of nitrogens with two attached hydrogens (primary N) is 1. The molecular weight excluding hydrogens is 466 g/mol. The Labute approximate surface area is 214 Å². The van der Waals surface area contributed by atoms with Crippen molar-refractivity contribution < 1.29 is 14.3 Å². The molecule has 1 amide bonds. The van der Waals surface area contributed by atoms with Gasteiger partial charge in [-0.3, -0.25) is 4.79 Å². The van der Waals surface area contributed by atoms with Gasteiger partial charge in [0.25, 0.3) is 5.91 Å². The maximum atomic E-state index is 11.3. The van der Waals surface area contributed by atoms with Gasteiger partial charge in [-0.15, -0.1) is 0 Å². The number of primary amides is 1. The van der Waals surface area contributed by atoms with Crippen LogP contribution in [-0.4, -0.2) is 25.4 Å². The predicted molar refractivity (Wildman–Crippen MR) is 140 cm³/mol. The Morgan fingerprint density at radius 3 is 2.51 bits per heavy atom. The number of rotatable bonds is 9. The van der Waals surface area contributed by atoms with Crippen LogP contribution in [0.3, 0.4) is 0 Å². The van der Waals surface area contributed by atoms with Crippen LogP contribution in [0.5, 0.6) is 11.6 Å². The van der Waals surface area contributed by atoms with E-state index >= 15 is 0 Å². The van der Waals surface area contributed by atoms with Crippen LogP contribution >= 0.6 is 0 Å². The third-order valence-corrected chi connectivity index (χ3v) is 6.07. The summed E-state index contributed by atoms with van der Waals surface area (Å²) in [4.78, 5) is 25.0. The number of imidazole rings is 1. The third-order valence-electron chi connectivity index (χ3n) is 6.07. The highest BCUT2D eigenvalue weighted by atomic mass is 16.5. The zero-order valence-corrected chi connectivity index (χ0v) is 20.7. The van der Waals surface area contributed by atoms with Crippen LogP contribution in [-0.2, 0) is 19.8 Å². The number of aromatic nitrogens is 4. The molecular formula is C29H27N5O3. The molecule has 0 spiro atoms. The molecule has 2 N–H and O–H groups in total. The maximum absolute atomic E-state index is 11.3. The van der Waals surface area contributed by atoms with E-state index in [0.717, 1.165) is 11.1 Å². The molecule has 0 atom stereocenters. The fraction of sp³-hybridized carbons (Fsp3) is 0.172. The van der Waals surface area contributed by atoms with Crippen LogP contribution < -0.4 is 15.2 Å². The van der Waals surface area contributed by atoms with Gasteiger partial charge in [-0.25, -0.2) is 9.97 Å². The zero-order chi connectivity index (χ0) is 25.8. The molecule has 0 saturated carbocycles. The average molecular weight is 494 g/mol. The molecule has 3 aromatic heterocycles. The number of hydrogen-bond donors (Lipinski definition) is 1. The summed E-state index contributed by atoms with van der Waals surface area (Å²) in [6.07, 6.45) is 1.48. The SMILES string of the molecule is Cc1ccc(C)c(Cn2c(COc3ccc(C(N)=O)nc3)nc3ccc(OCc4ccccc4)nc32)c1. The summed E-state index contributed by atoms with van der Waals surface area (Å²) in [5.74, 6) is 1.16. The fourth-order valence-electron chi connectivity index (χ4n) is 4.02. The molecule has 0 aliphatic heterocycles. The Morgan fingerprint density at radius 2 is 1.76 bits per heavy atom. The first-order valence-corrected chi connectivity index (χ1v) is 11.9. The summed E-state index contributed by atoms with van der Waals surface area (Å²) in [6.45, 7) is 5.37. The Bertz CT molecular complexity index is 1550. The molecule has 3 heterocycles. The Hall–Kier alpha value is -4.72. The van der Waals surface area contributed by atoms with Crippen molar-refractivity contribution in [2.75, 3.05) is 0 Å². The van der Waals surface area contributed by atoms with E-state index in [4.69, 9.17) is 25.2 Å². The van der Waals surface area contributed by atoms with E-state index in [1.165, 1.54) is 29.0 Å². The van der Waals surface area contributed by atoms with Crippen LogP contribution in [0.25, 0.3) is 11.2 Å². The second-order valence-electron chi connectivity index (χ2n) is 8.84. The quantitative estimate of drug-likeness (QED) is 0.318. The molecule has 37 heavy (non-hydrogen) atoms. The lowest BCUT2D eigenvalue weighted by Crippen LogP contribution is -2.13. The smallest absolute Gasteiger partial charge is 0.267 e. The van der Waals surface area contributed by atoms with E-state index in [9.17, 15) is 4.79 Å². The number of carbonyl (C=O) groups is 1. The van der Waals surface area contributed by atoms with E-state index in [-0.39, 0.29) is 12.3 Å². The van der Waals surface area contributed by atoms with Crippen molar-refractivity contribution in [2.45, 2.75) is 33.6 Å². The van der Waals surface area contributed by atoms with Crippen LogP contribution in [0.1, 0.15) is 38.6 Å². The minimum atomic E-state index is -0.585.